The highest BCUT2D eigenvalue weighted by Gasteiger charge is 2.17. The monoisotopic (exact) mass is 388 g/mol. The second kappa shape index (κ2) is 8.98. The molecule has 3 aromatic rings. The lowest BCUT2D eigenvalue weighted by atomic mass is 10.1. The van der Waals surface area contributed by atoms with E-state index in [9.17, 15) is 18.4 Å². The van der Waals surface area contributed by atoms with E-state index in [1.807, 2.05) is 30.5 Å². The molecule has 1 heterocycles. The molecule has 0 saturated heterocycles. The molecule has 146 valence electrons. The van der Waals surface area contributed by atoms with Crippen LogP contribution in [0.3, 0.4) is 0 Å². The van der Waals surface area contributed by atoms with Crippen molar-refractivity contribution in [2.45, 2.75) is 13.0 Å². The smallest absolute Gasteiger partial charge is 0.387 e. The number of benzene rings is 2. The summed E-state index contributed by atoms with van der Waals surface area (Å²) in [5, 5.41) is 3.74. The van der Waals surface area contributed by atoms with Gasteiger partial charge in [-0.2, -0.15) is 8.78 Å². The van der Waals surface area contributed by atoms with E-state index in [0.717, 1.165) is 16.5 Å². The molecule has 0 unspecified atom stereocenters. The molecule has 0 saturated carbocycles. The molecule has 0 aliphatic rings. The number of hydrogen-bond donors (Lipinski definition) is 2. The van der Waals surface area contributed by atoms with Gasteiger partial charge in [-0.1, -0.05) is 30.3 Å². The van der Waals surface area contributed by atoms with Crippen LogP contribution in [0.2, 0.25) is 0 Å². The minimum absolute atomic E-state index is 0.172. The molecule has 1 amide bonds. The number of aromatic amines is 1. The van der Waals surface area contributed by atoms with E-state index in [4.69, 9.17) is 4.74 Å². The normalized spacial score (nSPS) is 10.8. The zero-order chi connectivity index (χ0) is 19.9. The molecule has 28 heavy (non-hydrogen) atoms. The van der Waals surface area contributed by atoms with Crippen molar-refractivity contribution < 1.29 is 27.8 Å². The van der Waals surface area contributed by atoms with Gasteiger partial charge in [-0.05, 0) is 30.2 Å². The number of amides is 1. The maximum absolute atomic E-state index is 12.4. The summed E-state index contributed by atoms with van der Waals surface area (Å²) < 4.78 is 33.9. The molecule has 8 heteroatoms. The van der Waals surface area contributed by atoms with Gasteiger partial charge in [-0.25, -0.2) is 4.79 Å². The van der Waals surface area contributed by atoms with Gasteiger partial charge < -0.3 is 19.8 Å². The van der Waals surface area contributed by atoms with Crippen LogP contribution < -0.4 is 10.1 Å². The largest absolute Gasteiger partial charge is 0.452 e. The average Bonchev–Trinajstić information content (AvgIpc) is 3.09. The zero-order valence-electron chi connectivity index (χ0n) is 14.8. The predicted octanol–water partition coefficient (Wildman–Crippen LogP) is 3.29. The van der Waals surface area contributed by atoms with Gasteiger partial charge in [-0.15, -0.1) is 0 Å². The Hall–Kier alpha value is -3.42. The molecule has 2 aromatic carbocycles. The lowest BCUT2D eigenvalue weighted by molar-refractivity contribution is -0.124. The molecule has 0 radical (unpaired) electrons. The molecule has 0 fully saturated rings. The van der Waals surface area contributed by atoms with Crippen molar-refractivity contribution in [3.8, 4) is 5.75 Å². The van der Waals surface area contributed by atoms with E-state index in [0.29, 0.717) is 13.0 Å². The maximum atomic E-state index is 12.4. The number of halogens is 2. The molecular weight excluding hydrogens is 370 g/mol. The summed E-state index contributed by atoms with van der Waals surface area (Å²) in [5.74, 6) is -1.70. The van der Waals surface area contributed by atoms with Gasteiger partial charge in [0.25, 0.3) is 5.91 Å². The molecule has 3 rings (SSSR count). The zero-order valence-corrected chi connectivity index (χ0v) is 14.8. The van der Waals surface area contributed by atoms with E-state index in [-0.39, 0.29) is 11.3 Å². The number of esters is 1. The summed E-state index contributed by atoms with van der Waals surface area (Å²) in [6, 6.07) is 13.3. The number of hydrogen-bond acceptors (Lipinski definition) is 4. The van der Waals surface area contributed by atoms with Crippen LogP contribution in [0.5, 0.6) is 5.75 Å². The summed E-state index contributed by atoms with van der Waals surface area (Å²) in [6.07, 6.45) is 2.49. The van der Waals surface area contributed by atoms with Crippen molar-refractivity contribution in [3.05, 3.63) is 65.9 Å². The number of H-pyrrole nitrogens is 1. The third-order valence-electron chi connectivity index (χ3n) is 4.05. The second-order valence-electron chi connectivity index (χ2n) is 5.91. The van der Waals surface area contributed by atoms with Gasteiger partial charge in [0, 0.05) is 23.6 Å². The van der Waals surface area contributed by atoms with Crippen LogP contribution in [0.15, 0.2) is 54.7 Å². The summed E-state index contributed by atoms with van der Waals surface area (Å²) in [4.78, 5) is 27.1. The van der Waals surface area contributed by atoms with Crippen LogP contribution in [-0.2, 0) is 16.0 Å². The van der Waals surface area contributed by atoms with E-state index >= 15 is 0 Å². The number of fused-ring (bicyclic) bond motifs is 1. The lowest BCUT2D eigenvalue weighted by Gasteiger charge is -2.10. The summed E-state index contributed by atoms with van der Waals surface area (Å²) in [7, 11) is 0. The molecule has 6 nitrogen and oxygen atoms in total. The second-order valence-corrected chi connectivity index (χ2v) is 5.91. The van der Waals surface area contributed by atoms with Crippen LogP contribution in [0, 0.1) is 0 Å². The van der Waals surface area contributed by atoms with Crippen LogP contribution in [0.4, 0.5) is 8.78 Å². The Labute approximate surface area is 159 Å². The first-order valence-corrected chi connectivity index (χ1v) is 8.57. The average molecular weight is 388 g/mol. The number of para-hydroxylation sites is 2. The molecule has 0 aliphatic heterocycles. The first kappa shape index (κ1) is 19.3. The number of aromatic nitrogens is 1. The van der Waals surface area contributed by atoms with Gasteiger partial charge in [0.05, 0.1) is 0 Å². The number of carbonyl (C=O) groups excluding carboxylic acids is 2. The number of rotatable bonds is 8. The van der Waals surface area contributed by atoms with Gasteiger partial charge in [0.2, 0.25) is 0 Å². The Bertz CT molecular complexity index is 972. The van der Waals surface area contributed by atoms with E-state index in [2.05, 4.69) is 15.0 Å². The van der Waals surface area contributed by atoms with E-state index in [1.165, 1.54) is 24.3 Å². The molecular formula is C20H18F2N2O4. The third-order valence-corrected chi connectivity index (χ3v) is 4.05. The predicted molar refractivity (Wildman–Crippen MR) is 98.4 cm³/mol. The van der Waals surface area contributed by atoms with Crippen LogP contribution in [0.1, 0.15) is 15.9 Å². The highest BCUT2D eigenvalue weighted by atomic mass is 19.3. The van der Waals surface area contributed by atoms with Gasteiger partial charge in [-0.3, -0.25) is 4.79 Å². The van der Waals surface area contributed by atoms with Gasteiger partial charge >= 0.3 is 12.6 Å². The summed E-state index contributed by atoms with van der Waals surface area (Å²) in [5.41, 5.74) is 1.91. The Morgan fingerprint density at radius 2 is 1.82 bits per heavy atom. The highest BCUT2D eigenvalue weighted by molar-refractivity contribution is 5.94. The Kier molecular flexibility index (Phi) is 6.21. The third kappa shape index (κ3) is 4.85. The number of alkyl halides is 2. The van der Waals surface area contributed by atoms with Crippen LogP contribution >= 0.6 is 0 Å². The first-order valence-electron chi connectivity index (χ1n) is 8.57. The number of nitrogens with one attached hydrogen (secondary N) is 2. The fraction of sp³-hybridized carbons (Fsp3) is 0.200. The van der Waals surface area contributed by atoms with Crippen molar-refractivity contribution >= 4 is 22.8 Å². The van der Waals surface area contributed by atoms with Crippen molar-refractivity contribution in [1.82, 2.24) is 10.3 Å². The summed E-state index contributed by atoms with van der Waals surface area (Å²) >= 11 is 0. The maximum Gasteiger partial charge on any atom is 0.387 e. The first-order chi connectivity index (χ1) is 13.5. The number of ether oxygens (including phenoxy) is 2. The van der Waals surface area contributed by atoms with Crippen LogP contribution in [0.25, 0.3) is 10.9 Å². The molecule has 0 bridgehead atoms. The lowest BCUT2D eigenvalue weighted by Crippen LogP contribution is -2.30. The molecule has 0 spiro atoms. The van der Waals surface area contributed by atoms with Gasteiger partial charge in [0.1, 0.15) is 11.3 Å². The van der Waals surface area contributed by atoms with E-state index < -0.39 is 25.1 Å². The van der Waals surface area contributed by atoms with Crippen molar-refractivity contribution in [2.24, 2.45) is 0 Å². The highest BCUT2D eigenvalue weighted by Crippen LogP contribution is 2.21. The minimum atomic E-state index is -3.07. The van der Waals surface area contributed by atoms with Gasteiger partial charge in [0.15, 0.2) is 6.61 Å². The van der Waals surface area contributed by atoms with Crippen molar-refractivity contribution in [2.75, 3.05) is 13.2 Å². The SMILES string of the molecule is O=C(COC(=O)c1ccccc1OC(F)F)NCCc1c[nH]c2ccccc12. The Morgan fingerprint density at radius 1 is 1.07 bits per heavy atom. The molecule has 2 N–H and O–H groups in total. The van der Waals surface area contributed by atoms with Crippen molar-refractivity contribution in [3.63, 3.8) is 0 Å². The fourth-order valence-electron chi connectivity index (χ4n) is 2.77. The summed E-state index contributed by atoms with van der Waals surface area (Å²) in [6.45, 7) is -3.22. The van der Waals surface area contributed by atoms with Crippen molar-refractivity contribution in [1.29, 1.82) is 0 Å². The minimum Gasteiger partial charge on any atom is -0.452 e. The molecule has 0 aliphatic carbocycles. The molecule has 1 aromatic heterocycles. The standard InChI is InChI=1S/C20H18F2N2O4/c21-20(22)28-17-8-4-2-6-15(17)19(26)27-12-18(25)23-10-9-13-11-24-16-7-3-1-5-14(13)16/h1-8,11,20,24H,9-10,12H2,(H,23,25). The molecule has 0 atom stereocenters. The van der Waals surface area contributed by atoms with E-state index in [1.54, 1.807) is 0 Å². The van der Waals surface area contributed by atoms with Crippen LogP contribution in [-0.4, -0.2) is 36.6 Å². The quantitative estimate of drug-likeness (QED) is 0.581. The fourth-order valence-corrected chi connectivity index (χ4v) is 2.77. The Balaban J connectivity index is 1.47. The topological polar surface area (TPSA) is 80.4 Å². The Morgan fingerprint density at radius 3 is 2.64 bits per heavy atom. The number of carbonyl (C=O) groups is 2.